The Morgan fingerprint density at radius 1 is 1.36 bits per heavy atom. The summed E-state index contributed by atoms with van der Waals surface area (Å²) >= 11 is 0. The van der Waals surface area contributed by atoms with E-state index in [1.165, 1.54) is 0 Å². The maximum atomic E-state index is 9.65. The third-order valence-corrected chi connectivity index (χ3v) is 2.14. The zero-order chi connectivity index (χ0) is 10.6. The van der Waals surface area contributed by atoms with Crippen molar-refractivity contribution in [2.75, 3.05) is 6.61 Å². The summed E-state index contributed by atoms with van der Waals surface area (Å²) in [6.07, 6.45) is -1.35. The topological polar surface area (TPSA) is 127 Å². The van der Waals surface area contributed by atoms with E-state index in [9.17, 15) is 5.11 Å². The standard InChI is InChI=1S/C6H10N6O2/c1-3-5(10-12-8)6(13)4(2-14-3)9-11-7/h3-6,13H,2H2,1H3. The first-order valence-corrected chi connectivity index (χ1v) is 4.08. The number of ether oxygens (including phenoxy) is 1. The van der Waals surface area contributed by atoms with Gasteiger partial charge in [-0.05, 0) is 18.0 Å². The Bertz CT molecular complexity index is 295. The Morgan fingerprint density at radius 3 is 2.57 bits per heavy atom. The summed E-state index contributed by atoms with van der Waals surface area (Å²) in [5, 5.41) is 16.4. The van der Waals surface area contributed by atoms with E-state index in [0.29, 0.717) is 0 Å². The van der Waals surface area contributed by atoms with Crippen LogP contribution in [-0.2, 0) is 4.74 Å². The molecule has 0 bridgehead atoms. The van der Waals surface area contributed by atoms with Crippen molar-refractivity contribution >= 4 is 0 Å². The van der Waals surface area contributed by atoms with Gasteiger partial charge in [0.05, 0.1) is 30.9 Å². The fraction of sp³-hybridized carbons (Fsp3) is 1.00. The normalized spacial score (nSPS) is 36.7. The molecule has 0 aromatic heterocycles. The predicted molar refractivity (Wildman–Crippen MR) is 47.3 cm³/mol. The van der Waals surface area contributed by atoms with Gasteiger partial charge >= 0.3 is 0 Å². The number of hydrogen-bond donors (Lipinski definition) is 1. The quantitative estimate of drug-likeness (QED) is 0.405. The van der Waals surface area contributed by atoms with Crippen molar-refractivity contribution in [1.29, 1.82) is 0 Å². The Labute approximate surface area is 79.7 Å². The van der Waals surface area contributed by atoms with Crippen LogP contribution >= 0.6 is 0 Å². The van der Waals surface area contributed by atoms with Crippen LogP contribution in [0.5, 0.6) is 0 Å². The van der Waals surface area contributed by atoms with Gasteiger partial charge in [0.2, 0.25) is 0 Å². The Morgan fingerprint density at radius 2 is 2.00 bits per heavy atom. The lowest BCUT2D eigenvalue weighted by Gasteiger charge is -2.34. The second kappa shape index (κ2) is 4.69. The van der Waals surface area contributed by atoms with Crippen molar-refractivity contribution < 1.29 is 9.84 Å². The molecule has 14 heavy (non-hydrogen) atoms. The highest BCUT2D eigenvalue weighted by atomic mass is 16.5. The molecule has 0 aliphatic carbocycles. The van der Waals surface area contributed by atoms with Gasteiger partial charge < -0.3 is 9.84 Å². The van der Waals surface area contributed by atoms with Crippen molar-refractivity contribution in [3.8, 4) is 0 Å². The molecule has 1 saturated heterocycles. The van der Waals surface area contributed by atoms with Crippen LogP contribution in [0.25, 0.3) is 20.9 Å². The monoisotopic (exact) mass is 198 g/mol. The Kier molecular flexibility index (Phi) is 3.55. The number of nitrogens with zero attached hydrogens (tertiary/aromatic N) is 6. The van der Waals surface area contributed by atoms with E-state index >= 15 is 0 Å². The number of hydrogen-bond acceptors (Lipinski definition) is 4. The highest BCUT2D eigenvalue weighted by molar-refractivity contribution is 4.94. The Hall–Kier alpha value is -1.46. The SMILES string of the molecule is CC1OCC(N=[N+]=[N-])C(O)C1N=[N+]=[N-]. The average Bonchev–Trinajstić information content (AvgIpc) is 2.17. The van der Waals surface area contributed by atoms with E-state index in [1.807, 2.05) is 0 Å². The summed E-state index contributed by atoms with van der Waals surface area (Å²) in [5.74, 6) is 0. The minimum absolute atomic E-state index is 0.143. The van der Waals surface area contributed by atoms with E-state index in [2.05, 4.69) is 20.1 Å². The largest absolute Gasteiger partial charge is 0.392 e. The van der Waals surface area contributed by atoms with Crippen LogP contribution in [0.4, 0.5) is 0 Å². The first-order chi connectivity index (χ1) is 6.70. The zero-order valence-electron chi connectivity index (χ0n) is 7.56. The maximum absolute atomic E-state index is 9.65. The highest BCUT2D eigenvalue weighted by Gasteiger charge is 2.36. The number of aliphatic hydroxyl groups is 1. The number of rotatable bonds is 2. The van der Waals surface area contributed by atoms with E-state index in [-0.39, 0.29) is 12.7 Å². The molecular weight excluding hydrogens is 188 g/mol. The van der Waals surface area contributed by atoms with Crippen molar-refractivity contribution in [2.45, 2.75) is 31.2 Å². The van der Waals surface area contributed by atoms with Gasteiger partial charge in [0.1, 0.15) is 0 Å². The van der Waals surface area contributed by atoms with Crippen molar-refractivity contribution in [1.82, 2.24) is 0 Å². The molecule has 1 fully saturated rings. The summed E-state index contributed by atoms with van der Waals surface area (Å²) in [6, 6.07) is -1.39. The van der Waals surface area contributed by atoms with E-state index in [1.54, 1.807) is 6.92 Å². The van der Waals surface area contributed by atoms with Crippen LogP contribution < -0.4 is 0 Å². The predicted octanol–water partition coefficient (Wildman–Crippen LogP) is 1.12. The van der Waals surface area contributed by atoms with Crippen LogP contribution in [0.3, 0.4) is 0 Å². The lowest BCUT2D eigenvalue weighted by molar-refractivity contribution is -0.0637. The molecule has 0 saturated carbocycles. The van der Waals surface area contributed by atoms with Crippen LogP contribution in [0.2, 0.25) is 0 Å². The van der Waals surface area contributed by atoms with Gasteiger partial charge in [-0.25, -0.2) is 0 Å². The minimum atomic E-state index is -0.981. The smallest absolute Gasteiger partial charge is 0.0897 e. The summed E-state index contributed by atoms with van der Waals surface area (Å²) in [6.45, 7) is 1.83. The van der Waals surface area contributed by atoms with Crippen LogP contribution in [-0.4, -0.2) is 36.0 Å². The molecule has 1 N–H and O–H groups in total. The lowest BCUT2D eigenvalue weighted by Crippen LogP contribution is -2.49. The fourth-order valence-corrected chi connectivity index (χ4v) is 1.34. The maximum Gasteiger partial charge on any atom is 0.0897 e. The molecule has 0 radical (unpaired) electrons. The van der Waals surface area contributed by atoms with Gasteiger partial charge in [-0.1, -0.05) is 10.2 Å². The van der Waals surface area contributed by atoms with Crippen LogP contribution in [0.15, 0.2) is 10.2 Å². The number of azide groups is 2. The van der Waals surface area contributed by atoms with Gasteiger partial charge in [0.25, 0.3) is 0 Å². The summed E-state index contributed by atoms with van der Waals surface area (Å²) in [4.78, 5) is 5.18. The summed E-state index contributed by atoms with van der Waals surface area (Å²) in [5.41, 5.74) is 16.5. The molecule has 1 rings (SSSR count). The molecule has 4 unspecified atom stereocenters. The average molecular weight is 198 g/mol. The molecule has 1 aliphatic heterocycles. The van der Waals surface area contributed by atoms with Gasteiger partial charge in [-0.3, -0.25) is 0 Å². The molecule has 8 heteroatoms. The van der Waals surface area contributed by atoms with Crippen LogP contribution in [0.1, 0.15) is 6.92 Å². The molecule has 1 aliphatic rings. The van der Waals surface area contributed by atoms with Crippen molar-refractivity contribution in [3.05, 3.63) is 20.9 Å². The van der Waals surface area contributed by atoms with E-state index in [4.69, 9.17) is 15.8 Å². The molecule has 0 aromatic rings. The molecule has 8 nitrogen and oxygen atoms in total. The lowest BCUT2D eigenvalue weighted by atomic mass is 9.98. The number of aliphatic hydroxyl groups excluding tert-OH is 1. The third kappa shape index (κ3) is 2.07. The zero-order valence-corrected chi connectivity index (χ0v) is 7.56. The van der Waals surface area contributed by atoms with Crippen molar-refractivity contribution in [3.63, 3.8) is 0 Å². The minimum Gasteiger partial charge on any atom is -0.392 e. The highest BCUT2D eigenvalue weighted by Crippen LogP contribution is 2.20. The van der Waals surface area contributed by atoms with Gasteiger partial charge in [0, 0.05) is 9.82 Å². The molecule has 4 atom stereocenters. The van der Waals surface area contributed by atoms with E-state index < -0.39 is 18.2 Å². The second-order valence-electron chi connectivity index (χ2n) is 3.00. The second-order valence-corrected chi connectivity index (χ2v) is 3.00. The van der Waals surface area contributed by atoms with E-state index in [0.717, 1.165) is 0 Å². The fourth-order valence-electron chi connectivity index (χ4n) is 1.34. The first-order valence-electron chi connectivity index (χ1n) is 4.08. The molecule has 0 amide bonds. The molecular formula is C6H10N6O2. The third-order valence-electron chi connectivity index (χ3n) is 2.14. The molecule has 0 spiro atoms. The Balaban J connectivity index is 2.81. The van der Waals surface area contributed by atoms with Crippen molar-refractivity contribution in [2.24, 2.45) is 10.2 Å². The van der Waals surface area contributed by atoms with Gasteiger partial charge in [-0.15, -0.1) is 0 Å². The van der Waals surface area contributed by atoms with Gasteiger partial charge in [0.15, 0.2) is 0 Å². The van der Waals surface area contributed by atoms with Gasteiger partial charge in [-0.2, -0.15) is 0 Å². The molecule has 76 valence electrons. The first kappa shape index (κ1) is 10.6. The van der Waals surface area contributed by atoms with Crippen LogP contribution in [0, 0.1) is 0 Å². The molecule has 0 aromatic carbocycles. The summed E-state index contributed by atoms with van der Waals surface area (Å²) in [7, 11) is 0. The molecule has 1 heterocycles. The summed E-state index contributed by atoms with van der Waals surface area (Å²) < 4.78 is 5.19.